The van der Waals surface area contributed by atoms with E-state index in [9.17, 15) is 10.1 Å². The maximum atomic E-state index is 9.93. The zero-order valence-corrected chi connectivity index (χ0v) is 5.80. The van der Waals surface area contributed by atoms with Crippen molar-refractivity contribution in [1.82, 2.24) is 0 Å². The molecular weight excluding hydrogens is 150 g/mol. The fourth-order valence-electron chi connectivity index (χ4n) is 0.519. The van der Waals surface area contributed by atoms with Crippen molar-refractivity contribution in [2.24, 2.45) is 0 Å². The normalized spacial score (nSPS) is 9.20. The Morgan fingerprint density at radius 3 is 2.60 bits per heavy atom. The molecule has 51 valence electrons. The third-order valence-electron chi connectivity index (χ3n) is 0.868. The largest absolute Gasteiger partial charge is 0.265 e. The summed E-state index contributed by atoms with van der Waals surface area (Å²) >= 11 is 0.601. The second-order valence-electron chi connectivity index (χ2n) is 1.55. The average Bonchev–Trinajstić information content (AvgIpc) is 1.88. The molecule has 0 heterocycles. The molecule has 0 N–H and O–H groups in total. The molecule has 0 aliphatic carbocycles. The molecule has 0 spiro atoms. The van der Waals surface area contributed by atoms with Crippen LogP contribution in [0, 0.1) is 16.2 Å². The Balaban J connectivity index is 2.67. The van der Waals surface area contributed by atoms with Gasteiger partial charge >= 0.3 is 0 Å². The van der Waals surface area contributed by atoms with Gasteiger partial charge in [-0.1, -0.05) is 12.1 Å². The molecule has 0 saturated carbocycles. The lowest BCUT2D eigenvalue weighted by atomic mass is 10.4. The number of hydrogen-bond donors (Lipinski definition) is 0. The van der Waals surface area contributed by atoms with Crippen LogP contribution in [0.1, 0.15) is 0 Å². The molecule has 3 nitrogen and oxygen atoms in total. The Hall–Kier alpha value is -1.03. The van der Waals surface area contributed by atoms with Crippen LogP contribution in [0.3, 0.4) is 0 Å². The van der Waals surface area contributed by atoms with Gasteiger partial charge in [-0.2, -0.15) is 0 Å². The van der Waals surface area contributed by atoms with Crippen molar-refractivity contribution in [3.05, 3.63) is 40.4 Å². The summed E-state index contributed by atoms with van der Waals surface area (Å²) in [6.07, 6.45) is 0. The quantitative estimate of drug-likeness (QED) is 0.370. The van der Waals surface area contributed by atoms with Gasteiger partial charge < -0.3 is 0 Å². The highest BCUT2D eigenvalue weighted by atomic mass is 32.2. The molecule has 4 heteroatoms. The van der Waals surface area contributed by atoms with Crippen LogP contribution in [0.2, 0.25) is 0 Å². The van der Waals surface area contributed by atoms with Crippen molar-refractivity contribution in [2.45, 2.75) is 4.90 Å². The molecule has 1 rings (SSSR count). The van der Waals surface area contributed by atoms with Crippen molar-refractivity contribution in [3.63, 3.8) is 0 Å². The molecular formula is C6H4NO2S. The first-order chi connectivity index (χ1) is 4.79. The lowest BCUT2D eigenvalue weighted by molar-refractivity contribution is -0.284. The van der Waals surface area contributed by atoms with Crippen molar-refractivity contribution < 1.29 is 4.33 Å². The highest BCUT2D eigenvalue weighted by Crippen LogP contribution is 2.15. The van der Waals surface area contributed by atoms with E-state index in [1.165, 1.54) is 0 Å². The maximum absolute atomic E-state index is 9.93. The minimum atomic E-state index is -0.435. The zero-order valence-electron chi connectivity index (χ0n) is 4.98. The maximum Gasteiger partial charge on any atom is 0.265 e. The number of benzene rings is 1. The molecule has 0 aromatic heterocycles. The predicted molar refractivity (Wildman–Crippen MR) is 38.1 cm³/mol. The molecule has 0 fully saturated rings. The molecule has 0 saturated heterocycles. The van der Waals surface area contributed by atoms with Gasteiger partial charge in [0.05, 0.1) is 4.90 Å². The second kappa shape index (κ2) is 3.22. The summed E-state index contributed by atoms with van der Waals surface area (Å²) in [7, 11) is 0. The molecule has 0 bridgehead atoms. The SMILES string of the molecule is O=[N+]([O-])Sc1cc[c]cc1. The monoisotopic (exact) mass is 154 g/mol. The van der Waals surface area contributed by atoms with Crippen molar-refractivity contribution in [3.8, 4) is 0 Å². The first kappa shape index (κ1) is 7.08. The Morgan fingerprint density at radius 1 is 1.50 bits per heavy atom. The molecule has 0 amide bonds. The van der Waals surface area contributed by atoms with Gasteiger partial charge in [0, 0.05) is 0 Å². The first-order valence-corrected chi connectivity index (χ1v) is 3.35. The van der Waals surface area contributed by atoms with Gasteiger partial charge in [0.1, 0.15) is 4.33 Å². The summed E-state index contributed by atoms with van der Waals surface area (Å²) in [6.45, 7) is 0. The van der Waals surface area contributed by atoms with Gasteiger partial charge in [-0.05, 0) is 18.2 Å². The van der Waals surface area contributed by atoms with Crippen LogP contribution in [0.25, 0.3) is 0 Å². The molecule has 10 heavy (non-hydrogen) atoms. The third kappa shape index (κ3) is 2.06. The van der Waals surface area contributed by atoms with Crippen LogP contribution >= 0.6 is 11.9 Å². The van der Waals surface area contributed by atoms with Gasteiger partial charge in [0.2, 0.25) is 0 Å². The number of nitrogens with zero attached hydrogens (tertiary/aromatic N) is 1. The lowest BCUT2D eigenvalue weighted by Crippen LogP contribution is -1.81. The van der Waals surface area contributed by atoms with Crippen molar-refractivity contribution >= 4 is 11.9 Å². The van der Waals surface area contributed by atoms with E-state index in [2.05, 4.69) is 6.07 Å². The van der Waals surface area contributed by atoms with Crippen LogP contribution in [0.4, 0.5) is 0 Å². The summed E-state index contributed by atoms with van der Waals surface area (Å²) < 4.78 is -0.435. The van der Waals surface area contributed by atoms with Crippen LogP contribution in [0.15, 0.2) is 29.2 Å². The molecule has 1 radical (unpaired) electrons. The summed E-state index contributed by atoms with van der Waals surface area (Å²) in [6, 6.07) is 9.35. The molecule has 0 aliphatic rings. The summed E-state index contributed by atoms with van der Waals surface area (Å²) in [4.78, 5) is 10.6. The third-order valence-corrected chi connectivity index (χ3v) is 1.50. The molecule has 0 unspecified atom stereocenters. The van der Waals surface area contributed by atoms with Gasteiger partial charge in [-0.25, -0.2) is 0 Å². The van der Waals surface area contributed by atoms with Crippen LogP contribution in [-0.2, 0) is 0 Å². The zero-order chi connectivity index (χ0) is 7.40. The summed E-state index contributed by atoms with van der Waals surface area (Å²) in [5.74, 6) is 0. The predicted octanol–water partition coefficient (Wildman–Crippen LogP) is 1.77. The number of rotatable bonds is 2. The van der Waals surface area contributed by atoms with E-state index >= 15 is 0 Å². The minimum absolute atomic E-state index is 0.435. The van der Waals surface area contributed by atoms with E-state index in [0.717, 1.165) is 0 Å². The van der Waals surface area contributed by atoms with E-state index in [4.69, 9.17) is 0 Å². The highest BCUT2D eigenvalue weighted by molar-refractivity contribution is 7.93. The van der Waals surface area contributed by atoms with E-state index in [-0.39, 0.29) is 0 Å². The topological polar surface area (TPSA) is 43.1 Å². The standard InChI is InChI=1S/C6H4NO2S/c8-7(9)10-6-4-2-1-3-5-6/h2-5H. The molecule has 0 atom stereocenters. The Bertz CT molecular complexity index is 224. The molecule has 1 aromatic carbocycles. The highest BCUT2D eigenvalue weighted by Gasteiger charge is 2.01. The van der Waals surface area contributed by atoms with Crippen LogP contribution in [0.5, 0.6) is 0 Å². The van der Waals surface area contributed by atoms with Crippen LogP contribution < -0.4 is 0 Å². The van der Waals surface area contributed by atoms with Gasteiger partial charge in [-0.15, -0.1) is 0 Å². The van der Waals surface area contributed by atoms with Crippen molar-refractivity contribution in [1.29, 1.82) is 0 Å². The fourth-order valence-corrected chi connectivity index (χ4v) is 0.948. The van der Waals surface area contributed by atoms with E-state index in [1.54, 1.807) is 24.3 Å². The van der Waals surface area contributed by atoms with Gasteiger partial charge in [-0.3, -0.25) is 10.1 Å². The average molecular weight is 154 g/mol. The second-order valence-corrected chi connectivity index (χ2v) is 2.50. The molecule has 0 aliphatic heterocycles. The van der Waals surface area contributed by atoms with Crippen LogP contribution in [-0.4, -0.2) is 4.33 Å². The van der Waals surface area contributed by atoms with Crippen molar-refractivity contribution in [2.75, 3.05) is 0 Å². The summed E-state index contributed by atoms with van der Waals surface area (Å²) in [5, 5.41) is 9.93. The smallest absolute Gasteiger partial charge is 0.250 e. The Kier molecular flexibility index (Phi) is 2.28. The molecule has 1 aromatic rings. The first-order valence-electron chi connectivity index (χ1n) is 2.57. The van der Waals surface area contributed by atoms with E-state index < -0.39 is 4.33 Å². The minimum Gasteiger partial charge on any atom is -0.250 e. The Labute approximate surface area is 62.3 Å². The number of hydrogen-bond acceptors (Lipinski definition) is 3. The van der Waals surface area contributed by atoms with Gasteiger partial charge in [0.15, 0.2) is 0 Å². The number of nitro groups is 1. The Morgan fingerprint density at radius 2 is 2.10 bits per heavy atom. The van der Waals surface area contributed by atoms with E-state index in [0.29, 0.717) is 16.8 Å². The summed E-state index contributed by atoms with van der Waals surface area (Å²) in [5.41, 5.74) is 0. The lowest BCUT2D eigenvalue weighted by Gasteiger charge is -1.87. The fraction of sp³-hybridized carbons (Fsp3) is 0. The van der Waals surface area contributed by atoms with Gasteiger partial charge in [0.25, 0.3) is 11.9 Å². The van der Waals surface area contributed by atoms with E-state index in [1.807, 2.05) is 0 Å².